The number of fused-ring (bicyclic) bond motifs is 3. The fourth-order valence-electron chi connectivity index (χ4n) is 4.50. The standard InChI is InChI=1S/C18H25NO2S/c1-14-11-17(2)10-9-16(14)18(20,12-17)13-22(21,19-3)15-7-5-4-6-8-15/h4-8,16,20H,1,9-13H2,2-3H3/t16-,17+,18+,22?/m0/s1. The van der Waals surface area contributed by atoms with Crippen molar-refractivity contribution in [3.63, 3.8) is 0 Å². The van der Waals surface area contributed by atoms with Crippen molar-refractivity contribution in [2.45, 2.75) is 43.1 Å². The van der Waals surface area contributed by atoms with E-state index in [1.54, 1.807) is 7.05 Å². The lowest BCUT2D eigenvalue weighted by Gasteiger charge is -2.55. The highest BCUT2D eigenvalue weighted by Crippen LogP contribution is 2.57. The molecule has 4 rings (SSSR count). The zero-order valence-corrected chi connectivity index (χ0v) is 14.2. The zero-order chi connectivity index (χ0) is 16.0. The Balaban J connectivity index is 1.98. The van der Waals surface area contributed by atoms with Crippen molar-refractivity contribution in [3.05, 3.63) is 42.5 Å². The molecule has 0 radical (unpaired) electrons. The van der Waals surface area contributed by atoms with E-state index in [9.17, 15) is 9.32 Å². The first-order valence-electron chi connectivity index (χ1n) is 7.88. The predicted molar refractivity (Wildman–Crippen MR) is 90.2 cm³/mol. The minimum atomic E-state index is -2.60. The molecule has 1 aromatic carbocycles. The summed E-state index contributed by atoms with van der Waals surface area (Å²) in [6.45, 7) is 6.40. The van der Waals surface area contributed by atoms with E-state index in [4.69, 9.17) is 0 Å². The van der Waals surface area contributed by atoms with Gasteiger partial charge in [0, 0.05) is 17.9 Å². The van der Waals surface area contributed by atoms with E-state index in [-0.39, 0.29) is 17.1 Å². The van der Waals surface area contributed by atoms with Crippen LogP contribution in [-0.2, 0) is 9.73 Å². The lowest BCUT2D eigenvalue weighted by Crippen LogP contribution is -2.55. The molecule has 1 aromatic rings. The molecule has 0 heterocycles. The minimum absolute atomic E-state index is 0.0561. The molecule has 0 aliphatic heterocycles. The van der Waals surface area contributed by atoms with Crippen molar-refractivity contribution in [1.29, 1.82) is 0 Å². The second-order valence-corrected chi connectivity index (χ2v) is 9.70. The monoisotopic (exact) mass is 319 g/mol. The molecule has 3 saturated carbocycles. The lowest BCUT2D eigenvalue weighted by molar-refractivity contribution is -0.0853. The molecule has 3 aliphatic rings. The van der Waals surface area contributed by atoms with Crippen LogP contribution < -0.4 is 0 Å². The fourth-order valence-corrected chi connectivity index (χ4v) is 6.57. The Morgan fingerprint density at radius 3 is 2.64 bits per heavy atom. The van der Waals surface area contributed by atoms with Crippen LogP contribution in [0.1, 0.15) is 32.6 Å². The van der Waals surface area contributed by atoms with Gasteiger partial charge < -0.3 is 5.11 Å². The Bertz CT molecular complexity index is 705. The fraction of sp³-hybridized carbons (Fsp3) is 0.556. The van der Waals surface area contributed by atoms with Gasteiger partial charge in [-0.25, -0.2) is 8.57 Å². The third kappa shape index (κ3) is 2.52. The maximum atomic E-state index is 13.4. The highest BCUT2D eigenvalue weighted by atomic mass is 32.2. The maximum Gasteiger partial charge on any atom is 0.0844 e. The summed E-state index contributed by atoms with van der Waals surface area (Å²) in [7, 11) is -1.01. The van der Waals surface area contributed by atoms with Crippen LogP contribution in [0.2, 0.25) is 0 Å². The summed E-state index contributed by atoms with van der Waals surface area (Å²) in [4.78, 5) is 0.711. The summed E-state index contributed by atoms with van der Waals surface area (Å²) < 4.78 is 17.6. The molecule has 0 saturated heterocycles. The third-order valence-corrected chi connectivity index (χ3v) is 7.91. The number of hydrogen-bond acceptors (Lipinski definition) is 3. The van der Waals surface area contributed by atoms with Gasteiger partial charge in [-0.1, -0.05) is 37.3 Å². The normalized spacial score (nSPS) is 36.9. The Morgan fingerprint density at radius 1 is 1.41 bits per heavy atom. The van der Waals surface area contributed by atoms with Crippen LogP contribution in [0.25, 0.3) is 0 Å². The molecule has 4 heteroatoms. The highest BCUT2D eigenvalue weighted by Gasteiger charge is 2.54. The number of aliphatic hydroxyl groups is 1. The molecule has 0 amide bonds. The van der Waals surface area contributed by atoms with Gasteiger partial charge in [-0.05, 0) is 43.2 Å². The Morgan fingerprint density at radius 2 is 2.09 bits per heavy atom. The summed E-state index contributed by atoms with van der Waals surface area (Å²) >= 11 is 0. The highest BCUT2D eigenvalue weighted by molar-refractivity contribution is 7.93. The Labute approximate surface area is 133 Å². The van der Waals surface area contributed by atoms with Crippen molar-refractivity contribution in [3.8, 4) is 0 Å². The van der Waals surface area contributed by atoms with Crippen molar-refractivity contribution in [2.75, 3.05) is 12.8 Å². The predicted octanol–water partition coefficient (Wildman–Crippen LogP) is 3.64. The van der Waals surface area contributed by atoms with Crippen LogP contribution in [0.3, 0.4) is 0 Å². The molecule has 3 fully saturated rings. The quantitative estimate of drug-likeness (QED) is 0.865. The van der Waals surface area contributed by atoms with Crippen LogP contribution in [0.4, 0.5) is 0 Å². The van der Waals surface area contributed by atoms with E-state index >= 15 is 0 Å². The largest absolute Gasteiger partial charge is 0.388 e. The molecule has 3 nitrogen and oxygen atoms in total. The SMILES string of the molecule is C=C1C[C@@]2(C)CC[C@@H]1[C@](O)(CS(=O)(=NC)c1ccccc1)C2. The zero-order valence-electron chi connectivity index (χ0n) is 13.4. The topological polar surface area (TPSA) is 49.7 Å². The van der Waals surface area contributed by atoms with Crippen LogP contribution in [0.15, 0.2) is 51.7 Å². The van der Waals surface area contributed by atoms with Gasteiger partial charge in [0.1, 0.15) is 0 Å². The first-order chi connectivity index (χ1) is 10.3. The van der Waals surface area contributed by atoms with E-state index in [1.807, 2.05) is 30.3 Å². The molecular weight excluding hydrogens is 294 g/mol. The number of nitrogens with zero attached hydrogens (tertiary/aromatic N) is 1. The molecule has 1 unspecified atom stereocenters. The third-order valence-electron chi connectivity index (χ3n) is 5.42. The summed E-state index contributed by atoms with van der Waals surface area (Å²) in [5.41, 5.74) is 0.258. The first kappa shape index (κ1) is 15.8. The van der Waals surface area contributed by atoms with Gasteiger partial charge >= 0.3 is 0 Å². The number of hydrogen-bond donors (Lipinski definition) is 1. The molecular formula is C18H25NO2S. The first-order valence-corrected chi connectivity index (χ1v) is 9.57. The van der Waals surface area contributed by atoms with E-state index < -0.39 is 15.3 Å². The molecule has 0 spiro atoms. The second-order valence-electron chi connectivity index (χ2n) is 7.30. The summed E-state index contributed by atoms with van der Waals surface area (Å²) in [5, 5.41) is 11.3. The number of rotatable bonds is 3. The van der Waals surface area contributed by atoms with Crippen LogP contribution in [0, 0.1) is 11.3 Å². The van der Waals surface area contributed by atoms with Gasteiger partial charge in [0.2, 0.25) is 0 Å². The molecule has 22 heavy (non-hydrogen) atoms. The number of benzene rings is 1. The van der Waals surface area contributed by atoms with Crippen LogP contribution >= 0.6 is 0 Å². The van der Waals surface area contributed by atoms with Gasteiger partial charge in [-0.3, -0.25) is 0 Å². The average molecular weight is 319 g/mol. The Kier molecular flexibility index (Phi) is 3.73. The van der Waals surface area contributed by atoms with Gasteiger partial charge in [0.25, 0.3) is 0 Å². The van der Waals surface area contributed by atoms with Crippen molar-refractivity contribution >= 4 is 9.73 Å². The van der Waals surface area contributed by atoms with E-state index in [0.717, 1.165) is 24.8 Å². The molecule has 3 aliphatic carbocycles. The van der Waals surface area contributed by atoms with Crippen LogP contribution in [0.5, 0.6) is 0 Å². The summed E-state index contributed by atoms with van der Waals surface area (Å²) in [6.07, 6.45) is 3.74. The Hall–Kier alpha value is -1.13. The van der Waals surface area contributed by atoms with Gasteiger partial charge in [-0.15, -0.1) is 0 Å². The average Bonchev–Trinajstić information content (AvgIpc) is 2.46. The van der Waals surface area contributed by atoms with E-state index in [2.05, 4.69) is 17.9 Å². The molecule has 4 atom stereocenters. The maximum absolute atomic E-state index is 13.4. The van der Waals surface area contributed by atoms with Crippen LogP contribution in [-0.4, -0.2) is 27.7 Å². The molecule has 120 valence electrons. The van der Waals surface area contributed by atoms with Gasteiger partial charge in [-0.2, -0.15) is 0 Å². The molecule has 0 aromatic heterocycles. The van der Waals surface area contributed by atoms with Crippen molar-refractivity contribution in [1.82, 2.24) is 0 Å². The van der Waals surface area contributed by atoms with E-state index in [0.29, 0.717) is 11.3 Å². The molecule has 1 N–H and O–H groups in total. The van der Waals surface area contributed by atoms with Crippen molar-refractivity contribution in [2.24, 2.45) is 15.7 Å². The van der Waals surface area contributed by atoms with Crippen molar-refractivity contribution < 1.29 is 9.32 Å². The lowest BCUT2D eigenvalue weighted by atomic mass is 9.54. The summed E-state index contributed by atoms with van der Waals surface area (Å²) in [6, 6.07) is 9.33. The van der Waals surface area contributed by atoms with Gasteiger partial charge in [0.05, 0.1) is 21.1 Å². The molecule has 2 bridgehead atoms. The second kappa shape index (κ2) is 5.20. The van der Waals surface area contributed by atoms with E-state index in [1.165, 1.54) is 0 Å². The summed E-state index contributed by atoms with van der Waals surface area (Å²) in [5.74, 6) is 0.264. The smallest absolute Gasteiger partial charge is 0.0844 e. The minimum Gasteiger partial charge on any atom is -0.388 e. The van der Waals surface area contributed by atoms with Gasteiger partial charge in [0.15, 0.2) is 0 Å².